The number of hydrogen-bond donors (Lipinski definition) is 1. The summed E-state index contributed by atoms with van der Waals surface area (Å²) in [5.74, 6) is 0.844. The lowest BCUT2D eigenvalue weighted by Crippen LogP contribution is -2.34. The topological polar surface area (TPSA) is 38.5 Å². The van der Waals surface area contributed by atoms with Crippen LogP contribution in [0.5, 0.6) is 0 Å². The Hall–Kier alpha value is -1.51. The van der Waals surface area contributed by atoms with E-state index in [-0.39, 0.29) is 5.41 Å². The van der Waals surface area contributed by atoms with Crippen molar-refractivity contribution in [2.75, 3.05) is 5.43 Å². The van der Waals surface area contributed by atoms with Gasteiger partial charge in [0.1, 0.15) is 0 Å². The molecule has 73 valence electrons. The first kappa shape index (κ1) is 9.06. The standard InChI is InChI=1S/C11H14N3/c1-11(2,3)10-12-8-6-4-5-7-9(8)13-14-10/h4-7,13H,1-3H3. The molecule has 0 fully saturated rings. The van der Waals surface area contributed by atoms with Crippen molar-refractivity contribution in [3.63, 3.8) is 0 Å². The van der Waals surface area contributed by atoms with E-state index in [0.29, 0.717) is 0 Å². The van der Waals surface area contributed by atoms with Gasteiger partial charge in [0.2, 0.25) is 0 Å². The minimum atomic E-state index is -0.0134. The van der Waals surface area contributed by atoms with Crippen LogP contribution in [-0.2, 0) is 0 Å². The molecular weight excluding hydrogens is 174 g/mol. The first-order chi connectivity index (χ1) is 6.57. The van der Waals surface area contributed by atoms with Gasteiger partial charge in [-0.3, -0.25) is 5.43 Å². The molecular formula is C11H14N3. The highest BCUT2D eigenvalue weighted by Crippen LogP contribution is 2.29. The van der Waals surface area contributed by atoms with E-state index in [1.54, 1.807) is 0 Å². The SMILES string of the molecule is CC(C)(C)C1=Nc2ccccc2N[N]1. The zero-order chi connectivity index (χ0) is 10.2. The molecule has 0 spiro atoms. The quantitative estimate of drug-likeness (QED) is 0.668. The molecule has 2 rings (SSSR count). The molecule has 1 aromatic rings. The third-order valence-corrected chi connectivity index (χ3v) is 2.08. The summed E-state index contributed by atoms with van der Waals surface area (Å²) in [6.07, 6.45) is 0. The van der Waals surface area contributed by atoms with Gasteiger partial charge in [0.05, 0.1) is 11.4 Å². The Kier molecular flexibility index (Phi) is 1.95. The lowest BCUT2D eigenvalue weighted by Gasteiger charge is -2.25. The van der Waals surface area contributed by atoms with E-state index in [1.807, 2.05) is 24.3 Å². The van der Waals surface area contributed by atoms with E-state index in [9.17, 15) is 0 Å². The second-order valence-electron chi connectivity index (χ2n) is 4.43. The number of fused-ring (bicyclic) bond motifs is 1. The van der Waals surface area contributed by atoms with Crippen LogP contribution >= 0.6 is 0 Å². The van der Waals surface area contributed by atoms with Crippen LogP contribution in [0.1, 0.15) is 20.8 Å². The predicted octanol–water partition coefficient (Wildman–Crippen LogP) is 2.71. The molecule has 1 aliphatic heterocycles. The van der Waals surface area contributed by atoms with Gasteiger partial charge >= 0.3 is 0 Å². The van der Waals surface area contributed by atoms with Crippen molar-refractivity contribution >= 4 is 17.2 Å². The summed E-state index contributed by atoms with van der Waals surface area (Å²) in [7, 11) is 0. The number of rotatable bonds is 0. The minimum Gasteiger partial charge on any atom is -0.275 e. The van der Waals surface area contributed by atoms with E-state index in [0.717, 1.165) is 17.2 Å². The highest BCUT2D eigenvalue weighted by Gasteiger charge is 2.23. The molecule has 0 bridgehead atoms. The first-order valence-electron chi connectivity index (χ1n) is 4.72. The van der Waals surface area contributed by atoms with Gasteiger partial charge in [0, 0.05) is 5.41 Å². The fourth-order valence-corrected chi connectivity index (χ4v) is 1.25. The third-order valence-electron chi connectivity index (χ3n) is 2.08. The molecule has 1 aliphatic rings. The van der Waals surface area contributed by atoms with Crippen LogP contribution < -0.4 is 10.9 Å². The molecule has 0 amide bonds. The Labute approximate surface area is 84.2 Å². The monoisotopic (exact) mass is 188 g/mol. The van der Waals surface area contributed by atoms with Crippen molar-refractivity contribution in [3.05, 3.63) is 24.3 Å². The largest absolute Gasteiger partial charge is 0.275 e. The van der Waals surface area contributed by atoms with Crippen molar-refractivity contribution in [1.82, 2.24) is 5.43 Å². The molecule has 3 heteroatoms. The van der Waals surface area contributed by atoms with Crippen molar-refractivity contribution in [2.24, 2.45) is 10.4 Å². The summed E-state index contributed by atoms with van der Waals surface area (Å²) in [5.41, 5.74) is 9.18. The fourth-order valence-electron chi connectivity index (χ4n) is 1.25. The third kappa shape index (κ3) is 1.58. The minimum absolute atomic E-state index is 0.0134. The number of para-hydroxylation sites is 2. The normalized spacial score (nSPS) is 14.9. The molecule has 0 aromatic heterocycles. The van der Waals surface area contributed by atoms with Crippen LogP contribution in [0.4, 0.5) is 11.4 Å². The molecule has 1 aromatic carbocycles. The van der Waals surface area contributed by atoms with E-state index < -0.39 is 0 Å². The summed E-state index contributed by atoms with van der Waals surface area (Å²) in [5, 5.41) is 0. The van der Waals surface area contributed by atoms with Gasteiger partial charge in [-0.1, -0.05) is 32.9 Å². The Bertz CT molecular complexity index is 374. The molecule has 14 heavy (non-hydrogen) atoms. The average molecular weight is 188 g/mol. The van der Waals surface area contributed by atoms with Crippen molar-refractivity contribution in [3.8, 4) is 0 Å². The Morgan fingerprint density at radius 1 is 1.14 bits per heavy atom. The molecule has 1 radical (unpaired) electrons. The Balaban J connectivity index is 2.41. The number of aliphatic imine (C=N–C) groups is 1. The van der Waals surface area contributed by atoms with E-state index in [2.05, 4.69) is 36.6 Å². The van der Waals surface area contributed by atoms with Crippen molar-refractivity contribution in [2.45, 2.75) is 20.8 Å². The second-order valence-corrected chi connectivity index (χ2v) is 4.43. The fraction of sp³-hybridized carbons (Fsp3) is 0.364. The average Bonchev–Trinajstić information content (AvgIpc) is 2.16. The van der Waals surface area contributed by atoms with Crippen LogP contribution in [0, 0.1) is 5.41 Å². The maximum Gasteiger partial charge on any atom is 0.154 e. The maximum absolute atomic E-state index is 4.50. The zero-order valence-electron chi connectivity index (χ0n) is 8.70. The number of amidine groups is 1. The maximum atomic E-state index is 4.50. The van der Waals surface area contributed by atoms with E-state index in [1.165, 1.54) is 0 Å². The van der Waals surface area contributed by atoms with Crippen molar-refractivity contribution < 1.29 is 0 Å². The highest BCUT2D eigenvalue weighted by molar-refractivity contribution is 5.94. The summed E-state index contributed by atoms with van der Waals surface area (Å²) in [4.78, 5) is 4.50. The molecule has 0 saturated carbocycles. The van der Waals surface area contributed by atoms with Gasteiger partial charge in [-0.05, 0) is 12.1 Å². The van der Waals surface area contributed by atoms with E-state index in [4.69, 9.17) is 0 Å². The van der Waals surface area contributed by atoms with Crippen LogP contribution in [-0.4, -0.2) is 5.84 Å². The molecule has 1 heterocycles. The van der Waals surface area contributed by atoms with Crippen LogP contribution in [0.2, 0.25) is 0 Å². The van der Waals surface area contributed by atoms with Crippen LogP contribution in [0.25, 0.3) is 0 Å². The number of nitrogens with zero attached hydrogens (tertiary/aromatic N) is 2. The molecule has 0 aliphatic carbocycles. The predicted molar refractivity (Wildman–Crippen MR) is 58.7 cm³/mol. The lowest BCUT2D eigenvalue weighted by atomic mass is 9.95. The van der Waals surface area contributed by atoms with Crippen molar-refractivity contribution in [1.29, 1.82) is 0 Å². The van der Waals surface area contributed by atoms with Gasteiger partial charge in [-0.25, -0.2) is 4.99 Å². The first-order valence-corrected chi connectivity index (χ1v) is 4.72. The Morgan fingerprint density at radius 3 is 2.57 bits per heavy atom. The van der Waals surface area contributed by atoms with E-state index >= 15 is 0 Å². The van der Waals surface area contributed by atoms with Gasteiger partial charge in [0.15, 0.2) is 5.84 Å². The molecule has 1 N–H and O–H groups in total. The summed E-state index contributed by atoms with van der Waals surface area (Å²) in [6, 6.07) is 7.92. The zero-order valence-corrected chi connectivity index (χ0v) is 8.70. The van der Waals surface area contributed by atoms with Gasteiger partial charge < -0.3 is 0 Å². The summed E-state index contributed by atoms with van der Waals surface area (Å²) in [6.45, 7) is 6.31. The second kappa shape index (κ2) is 3.01. The van der Waals surface area contributed by atoms with Crippen LogP contribution in [0.15, 0.2) is 29.3 Å². The van der Waals surface area contributed by atoms with Gasteiger partial charge in [0.25, 0.3) is 0 Å². The highest BCUT2D eigenvalue weighted by atomic mass is 15.4. The van der Waals surface area contributed by atoms with Crippen LogP contribution in [0.3, 0.4) is 0 Å². The Morgan fingerprint density at radius 2 is 1.86 bits per heavy atom. The lowest BCUT2D eigenvalue weighted by molar-refractivity contribution is 0.568. The van der Waals surface area contributed by atoms with Gasteiger partial charge in [-0.2, -0.15) is 5.43 Å². The molecule has 0 unspecified atom stereocenters. The summed E-state index contributed by atoms with van der Waals surface area (Å²) >= 11 is 0. The molecule has 3 nitrogen and oxygen atoms in total. The number of anilines is 1. The number of hydrogen-bond acceptors (Lipinski definition) is 2. The molecule has 0 atom stereocenters. The number of benzene rings is 1. The smallest absolute Gasteiger partial charge is 0.154 e. The van der Waals surface area contributed by atoms with Gasteiger partial charge in [-0.15, -0.1) is 0 Å². The summed E-state index contributed by atoms with van der Waals surface area (Å²) < 4.78 is 0. The molecule has 0 saturated heterocycles. The number of nitrogens with one attached hydrogen (secondary N) is 1.